The summed E-state index contributed by atoms with van der Waals surface area (Å²) in [7, 11) is 0. The van der Waals surface area contributed by atoms with Crippen LogP contribution in [0, 0.1) is 0 Å². The van der Waals surface area contributed by atoms with Crippen LogP contribution in [0.3, 0.4) is 0 Å². The number of allylic oxidation sites excluding steroid dienone is 2. The van der Waals surface area contributed by atoms with E-state index in [1.807, 2.05) is 6.07 Å². The minimum atomic E-state index is 0.864. The highest BCUT2D eigenvalue weighted by Crippen LogP contribution is 2.24. The topological polar surface area (TPSA) is 26.0 Å². The maximum Gasteiger partial charge on any atom is 0.0320 e. The third-order valence-corrected chi connectivity index (χ3v) is 2.60. The molecular weight excluding hydrogens is 146 g/mol. The molecular formula is C11H9N. The van der Waals surface area contributed by atoms with Gasteiger partial charge in [0.2, 0.25) is 0 Å². The van der Waals surface area contributed by atoms with Gasteiger partial charge in [0.05, 0.1) is 0 Å². The first-order valence-corrected chi connectivity index (χ1v) is 4.14. The van der Waals surface area contributed by atoms with Crippen LogP contribution in [0.5, 0.6) is 0 Å². The van der Waals surface area contributed by atoms with E-state index in [0.717, 1.165) is 12.1 Å². The van der Waals surface area contributed by atoms with Crippen molar-refractivity contribution in [1.29, 1.82) is 0 Å². The average Bonchev–Trinajstić information content (AvgIpc) is 2.63. The highest BCUT2D eigenvalue weighted by atomic mass is 14.5. The summed E-state index contributed by atoms with van der Waals surface area (Å²) in [6, 6.07) is 6.17. The number of nitrogen functional groups attached to an aromatic ring is 1. The fourth-order valence-electron chi connectivity index (χ4n) is 2.00. The van der Waals surface area contributed by atoms with Crippen LogP contribution >= 0.6 is 0 Å². The molecule has 12 heavy (non-hydrogen) atoms. The molecule has 0 spiro atoms. The largest absolute Gasteiger partial charge is 0.399 e. The summed E-state index contributed by atoms with van der Waals surface area (Å²) in [5.41, 5.74) is 9.45. The molecule has 0 fully saturated rings. The summed E-state index contributed by atoms with van der Waals surface area (Å²) in [5.74, 6) is 0. The van der Waals surface area contributed by atoms with Crippen LogP contribution in [0.15, 0.2) is 30.4 Å². The Morgan fingerprint density at radius 1 is 1.00 bits per heavy atom. The molecule has 1 aromatic carbocycles. The van der Waals surface area contributed by atoms with Gasteiger partial charge in [0, 0.05) is 5.69 Å². The van der Waals surface area contributed by atoms with Crippen molar-refractivity contribution in [3.63, 3.8) is 0 Å². The fraction of sp³-hybridized carbons (Fsp3) is 0.0909. The third-order valence-electron chi connectivity index (χ3n) is 2.60. The molecule has 0 saturated heterocycles. The predicted octanol–water partition coefficient (Wildman–Crippen LogP) is 0.544. The van der Waals surface area contributed by atoms with Crippen molar-refractivity contribution in [1.82, 2.24) is 0 Å². The number of rotatable bonds is 0. The first-order valence-electron chi connectivity index (χ1n) is 4.14. The number of fused-ring (bicyclic) bond motifs is 3. The van der Waals surface area contributed by atoms with E-state index in [1.165, 1.54) is 21.6 Å². The molecule has 1 heteroatoms. The van der Waals surface area contributed by atoms with E-state index in [2.05, 4.69) is 24.3 Å². The molecule has 2 N–H and O–H groups in total. The maximum absolute atomic E-state index is 5.72. The van der Waals surface area contributed by atoms with Crippen LogP contribution in [-0.4, -0.2) is 0 Å². The van der Waals surface area contributed by atoms with Gasteiger partial charge >= 0.3 is 0 Å². The third kappa shape index (κ3) is 0.589. The van der Waals surface area contributed by atoms with E-state index in [1.54, 1.807) is 0 Å². The lowest BCUT2D eigenvalue weighted by molar-refractivity contribution is 1.51. The molecule has 2 aliphatic carbocycles. The van der Waals surface area contributed by atoms with Crippen molar-refractivity contribution >= 4 is 16.8 Å². The van der Waals surface area contributed by atoms with Crippen molar-refractivity contribution in [2.45, 2.75) is 6.42 Å². The van der Waals surface area contributed by atoms with Crippen molar-refractivity contribution < 1.29 is 0 Å². The molecule has 58 valence electrons. The zero-order chi connectivity index (χ0) is 8.13. The van der Waals surface area contributed by atoms with Gasteiger partial charge in [-0.25, -0.2) is 0 Å². The van der Waals surface area contributed by atoms with Gasteiger partial charge in [-0.2, -0.15) is 0 Å². The molecule has 0 atom stereocenters. The smallest absolute Gasteiger partial charge is 0.0320 e. The molecule has 0 heterocycles. The SMILES string of the molecule is Nc1ccc2c(c1)=C1C=CC=2C1. The van der Waals surface area contributed by atoms with Gasteiger partial charge in [-0.15, -0.1) is 0 Å². The molecule has 1 aromatic rings. The van der Waals surface area contributed by atoms with Gasteiger partial charge in [-0.1, -0.05) is 18.2 Å². The highest BCUT2D eigenvalue weighted by molar-refractivity contribution is 5.85. The lowest BCUT2D eigenvalue weighted by atomic mass is 10.1. The van der Waals surface area contributed by atoms with E-state index in [4.69, 9.17) is 5.73 Å². The van der Waals surface area contributed by atoms with Crippen molar-refractivity contribution in [2.24, 2.45) is 0 Å². The number of nitrogens with two attached hydrogens (primary N) is 1. The van der Waals surface area contributed by atoms with Gasteiger partial charge in [0.25, 0.3) is 0 Å². The van der Waals surface area contributed by atoms with E-state index in [0.29, 0.717) is 0 Å². The number of hydrogen-bond acceptors (Lipinski definition) is 1. The Morgan fingerprint density at radius 2 is 1.75 bits per heavy atom. The van der Waals surface area contributed by atoms with Gasteiger partial charge < -0.3 is 5.73 Å². The second-order valence-corrected chi connectivity index (χ2v) is 3.37. The summed E-state index contributed by atoms with van der Waals surface area (Å²) in [6.07, 6.45) is 5.50. The Morgan fingerprint density at radius 3 is 2.58 bits per heavy atom. The van der Waals surface area contributed by atoms with Crippen molar-refractivity contribution in [3.05, 3.63) is 40.8 Å². The molecule has 2 aliphatic rings. The van der Waals surface area contributed by atoms with Gasteiger partial charge in [0.15, 0.2) is 0 Å². The molecule has 0 saturated carbocycles. The monoisotopic (exact) mass is 155 g/mol. The minimum absolute atomic E-state index is 0.864. The Bertz CT molecular complexity index is 506. The van der Waals surface area contributed by atoms with E-state index >= 15 is 0 Å². The lowest BCUT2D eigenvalue weighted by Gasteiger charge is -1.94. The lowest BCUT2D eigenvalue weighted by Crippen LogP contribution is -2.25. The molecule has 0 amide bonds. The van der Waals surface area contributed by atoms with Crippen LogP contribution < -0.4 is 16.2 Å². The molecule has 2 bridgehead atoms. The van der Waals surface area contributed by atoms with Crippen LogP contribution in [0.25, 0.3) is 11.1 Å². The fourth-order valence-corrected chi connectivity index (χ4v) is 2.00. The molecule has 0 radical (unpaired) electrons. The number of anilines is 1. The van der Waals surface area contributed by atoms with Crippen LogP contribution in [0.1, 0.15) is 6.42 Å². The van der Waals surface area contributed by atoms with Crippen LogP contribution in [0.2, 0.25) is 0 Å². The van der Waals surface area contributed by atoms with Crippen LogP contribution in [0.4, 0.5) is 5.69 Å². The Labute approximate surface area is 70.5 Å². The summed E-state index contributed by atoms with van der Waals surface area (Å²) in [6.45, 7) is 0. The van der Waals surface area contributed by atoms with Crippen molar-refractivity contribution in [2.75, 3.05) is 5.73 Å². The number of hydrogen-bond donors (Lipinski definition) is 1. The first kappa shape index (κ1) is 6.06. The maximum atomic E-state index is 5.72. The zero-order valence-corrected chi connectivity index (χ0v) is 6.67. The molecule has 0 unspecified atom stereocenters. The quantitative estimate of drug-likeness (QED) is 0.544. The molecule has 0 aromatic heterocycles. The average molecular weight is 155 g/mol. The molecule has 0 aliphatic heterocycles. The Kier molecular flexibility index (Phi) is 0.912. The molecule has 3 rings (SSSR count). The van der Waals surface area contributed by atoms with E-state index < -0.39 is 0 Å². The predicted molar refractivity (Wildman–Crippen MR) is 50.7 cm³/mol. The summed E-state index contributed by atoms with van der Waals surface area (Å²) < 4.78 is 0. The summed E-state index contributed by atoms with van der Waals surface area (Å²) in [5, 5.41) is 2.72. The summed E-state index contributed by atoms with van der Waals surface area (Å²) >= 11 is 0. The van der Waals surface area contributed by atoms with Gasteiger partial charge in [-0.3, -0.25) is 0 Å². The van der Waals surface area contributed by atoms with E-state index in [9.17, 15) is 0 Å². The van der Waals surface area contributed by atoms with Crippen LogP contribution in [-0.2, 0) is 0 Å². The standard InChI is InChI=1S/C11H9N/c12-9-3-4-10-7-1-2-8(5-7)11(10)6-9/h1-4,6H,5,12H2. The highest BCUT2D eigenvalue weighted by Gasteiger charge is 2.14. The van der Waals surface area contributed by atoms with Crippen molar-refractivity contribution in [3.8, 4) is 0 Å². The minimum Gasteiger partial charge on any atom is -0.399 e. The second-order valence-electron chi connectivity index (χ2n) is 3.37. The first-order chi connectivity index (χ1) is 5.84. The zero-order valence-electron chi connectivity index (χ0n) is 6.67. The molecule has 1 nitrogen and oxygen atoms in total. The Balaban J connectivity index is 2.60. The van der Waals surface area contributed by atoms with Gasteiger partial charge in [0.1, 0.15) is 0 Å². The Hall–Kier alpha value is -1.50. The number of benzene rings is 1. The second kappa shape index (κ2) is 1.81. The van der Waals surface area contributed by atoms with Gasteiger partial charge in [-0.05, 0) is 40.1 Å². The summed E-state index contributed by atoms with van der Waals surface area (Å²) in [4.78, 5) is 0. The normalized spacial score (nSPS) is 17.3. The van der Waals surface area contributed by atoms with E-state index in [-0.39, 0.29) is 0 Å².